The number of hydrogen-bond donors (Lipinski definition) is 1. The topological polar surface area (TPSA) is 67.6 Å². The maximum atomic E-state index is 12.6. The summed E-state index contributed by atoms with van der Waals surface area (Å²) in [6.07, 6.45) is 3.91. The average molecular weight is 373 g/mol. The lowest BCUT2D eigenvalue weighted by Crippen LogP contribution is -2.60. The van der Waals surface area contributed by atoms with Gasteiger partial charge in [-0.15, -0.1) is 0 Å². The van der Waals surface area contributed by atoms with Gasteiger partial charge in [0.25, 0.3) is 11.1 Å². The van der Waals surface area contributed by atoms with Crippen LogP contribution >= 0.6 is 11.8 Å². The van der Waals surface area contributed by atoms with Gasteiger partial charge in [-0.3, -0.25) is 9.69 Å². The molecule has 0 radical (unpaired) electrons. The highest BCUT2D eigenvalue weighted by Crippen LogP contribution is 2.32. The van der Waals surface area contributed by atoms with E-state index in [1.54, 1.807) is 6.20 Å². The van der Waals surface area contributed by atoms with Gasteiger partial charge < -0.3 is 14.5 Å². The third-order valence-electron chi connectivity index (χ3n) is 5.36. The lowest BCUT2D eigenvalue weighted by atomic mass is 9.80. The molecule has 6 nitrogen and oxygen atoms in total. The predicted molar refractivity (Wildman–Crippen MR) is 98.6 cm³/mol. The van der Waals surface area contributed by atoms with Crippen LogP contribution in [0.2, 0.25) is 0 Å². The fraction of sp³-hybridized carbons (Fsp3) is 0.474. The number of ether oxygens (including phenoxy) is 1. The molecule has 3 aliphatic heterocycles. The summed E-state index contributed by atoms with van der Waals surface area (Å²) in [7, 11) is 1.54. The van der Waals surface area contributed by atoms with Crippen LogP contribution in [0.1, 0.15) is 30.1 Å². The van der Waals surface area contributed by atoms with Gasteiger partial charge in [0.2, 0.25) is 0 Å². The van der Waals surface area contributed by atoms with Crippen molar-refractivity contribution in [2.75, 3.05) is 20.2 Å². The quantitative estimate of drug-likeness (QED) is 0.869. The molecular weight excluding hydrogens is 350 g/mol. The van der Waals surface area contributed by atoms with Crippen LogP contribution in [0.25, 0.3) is 0 Å². The average Bonchev–Trinajstić information content (AvgIpc) is 3.11. The van der Waals surface area contributed by atoms with E-state index < -0.39 is 0 Å². The zero-order chi connectivity index (χ0) is 18.1. The van der Waals surface area contributed by atoms with Crippen molar-refractivity contribution in [3.05, 3.63) is 36.0 Å². The molecule has 5 rings (SSSR count). The van der Waals surface area contributed by atoms with Crippen LogP contribution in [0.4, 0.5) is 0 Å². The van der Waals surface area contributed by atoms with Crippen molar-refractivity contribution in [2.45, 2.75) is 42.0 Å². The molecule has 0 aliphatic carbocycles. The standard InChI is InChI=1S/C19H23N3O3S/c1-12-9-14-7-8-22(12)11-16(14)21-18(23)13-3-5-15(6-4-13)26-19-20-10-17(24-2)25-19/h3-6,10,12,14,16H,7-9,11H2,1-2H3,(H,21,23). The molecule has 138 valence electrons. The number of fused-ring (bicyclic) bond motifs is 3. The van der Waals surface area contributed by atoms with Crippen molar-refractivity contribution in [1.29, 1.82) is 0 Å². The Morgan fingerprint density at radius 2 is 2.19 bits per heavy atom. The highest BCUT2D eigenvalue weighted by molar-refractivity contribution is 7.99. The van der Waals surface area contributed by atoms with E-state index >= 15 is 0 Å². The molecule has 1 amide bonds. The van der Waals surface area contributed by atoms with E-state index in [2.05, 4.69) is 22.1 Å². The second kappa shape index (κ2) is 7.32. The molecule has 26 heavy (non-hydrogen) atoms. The normalized spacial score (nSPS) is 27.3. The molecular formula is C19H23N3O3S. The maximum absolute atomic E-state index is 12.6. The van der Waals surface area contributed by atoms with Gasteiger partial charge in [-0.1, -0.05) is 0 Å². The minimum atomic E-state index is 0.00532. The van der Waals surface area contributed by atoms with Gasteiger partial charge in [0.1, 0.15) is 6.20 Å². The Hall–Kier alpha value is -1.99. The first kappa shape index (κ1) is 17.4. The first-order valence-electron chi connectivity index (χ1n) is 8.95. The van der Waals surface area contributed by atoms with E-state index in [9.17, 15) is 4.79 Å². The van der Waals surface area contributed by atoms with Crippen LogP contribution in [-0.4, -0.2) is 48.1 Å². The van der Waals surface area contributed by atoms with E-state index in [0.717, 1.165) is 18.0 Å². The Bertz CT molecular complexity index is 777. The van der Waals surface area contributed by atoms with E-state index in [1.165, 1.54) is 31.7 Å². The molecule has 3 fully saturated rings. The van der Waals surface area contributed by atoms with E-state index in [-0.39, 0.29) is 11.9 Å². The van der Waals surface area contributed by atoms with Crippen molar-refractivity contribution in [3.8, 4) is 5.95 Å². The second-order valence-electron chi connectivity index (χ2n) is 6.98. The van der Waals surface area contributed by atoms with Gasteiger partial charge in [-0.2, -0.15) is 0 Å². The number of nitrogens with one attached hydrogen (secondary N) is 1. The molecule has 7 heteroatoms. The van der Waals surface area contributed by atoms with Crippen LogP contribution in [0.3, 0.4) is 0 Å². The monoisotopic (exact) mass is 373 g/mol. The van der Waals surface area contributed by atoms with E-state index in [4.69, 9.17) is 9.15 Å². The van der Waals surface area contributed by atoms with E-state index in [1.807, 2.05) is 24.3 Å². The molecule has 1 N–H and O–H groups in total. The number of hydrogen-bond acceptors (Lipinski definition) is 6. The largest absolute Gasteiger partial charge is 0.467 e. The molecule has 0 spiro atoms. The smallest absolute Gasteiger partial charge is 0.305 e. The fourth-order valence-corrected chi connectivity index (χ4v) is 4.57. The molecule has 1 aromatic carbocycles. The molecule has 1 aromatic heterocycles. The van der Waals surface area contributed by atoms with Gasteiger partial charge >= 0.3 is 5.95 Å². The Balaban J connectivity index is 1.36. The lowest BCUT2D eigenvalue weighted by Gasteiger charge is -2.48. The third kappa shape index (κ3) is 3.59. The zero-order valence-electron chi connectivity index (χ0n) is 15.0. The highest BCUT2D eigenvalue weighted by Gasteiger charge is 2.38. The fourth-order valence-electron chi connectivity index (χ4n) is 3.87. The van der Waals surface area contributed by atoms with Crippen molar-refractivity contribution in [3.63, 3.8) is 0 Å². The molecule has 0 saturated carbocycles. The number of aromatic nitrogens is 1. The first-order chi connectivity index (χ1) is 12.6. The maximum Gasteiger partial charge on any atom is 0.305 e. The van der Waals surface area contributed by atoms with Gasteiger partial charge in [0, 0.05) is 29.1 Å². The van der Waals surface area contributed by atoms with Crippen LogP contribution in [0.15, 0.2) is 45.0 Å². The third-order valence-corrected chi connectivity index (χ3v) is 6.23. The highest BCUT2D eigenvalue weighted by atomic mass is 32.2. The Labute approximate surface area is 157 Å². The van der Waals surface area contributed by atoms with Crippen LogP contribution in [-0.2, 0) is 0 Å². The number of nitrogens with zero attached hydrogens (tertiary/aromatic N) is 2. The summed E-state index contributed by atoms with van der Waals surface area (Å²) in [4.78, 5) is 20.2. The number of benzene rings is 1. The summed E-state index contributed by atoms with van der Waals surface area (Å²) in [5.74, 6) is 0.995. The molecule has 2 aromatic rings. The summed E-state index contributed by atoms with van der Waals surface area (Å²) >= 11 is 1.39. The number of carbonyl (C=O) groups is 1. The summed E-state index contributed by atoms with van der Waals surface area (Å²) in [5, 5.41) is 3.75. The predicted octanol–water partition coefficient (Wildman–Crippen LogP) is 3.05. The molecule has 4 unspecified atom stereocenters. The number of oxazole rings is 1. The van der Waals surface area contributed by atoms with Gasteiger partial charge in [0.05, 0.1) is 7.11 Å². The molecule has 3 saturated heterocycles. The summed E-state index contributed by atoms with van der Waals surface area (Å²) in [6, 6.07) is 8.43. The van der Waals surface area contributed by atoms with Crippen molar-refractivity contribution in [2.24, 2.45) is 5.92 Å². The Morgan fingerprint density at radius 3 is 2.81 bits per heavy atom. The molecule has 4 atom stereocenters. The van der Waals surface area contributed by atoms with Crippen molar-refractivity contribution in [1.82, 2.24) is 15.2 Å². The number of amides is 1. The summed E-state index contributed by atoms with van der Waals surface area (Å²) in [6.45, 7) is 4.41. The van der Waals surface area contributed by atoms with Gasteiger partial charge in [-0.05, 0) is 68.3 Å². The summed E-state index contributed by atoms with van der Waals surface area (Å²) in [5.41, 5.74) is 0.684. The van der Waals surface area contributed by atoms with Crippen molar-refractivity contribution >= 4 is 17.7 Å². The van der Waals surface area contributed by atoms with Gasteiger partial charge in [0.15, 0.2) is 0 Å². The van der Waals surface area contributed by atoms with Crippen LogP contribution in [0, 0.1) is 5.92 Å². The number of methoxy groups -OCH3 is 1. The van der Waals surface area contributed by atoms with Crippen LogP contribution in [0.5, 0.6) is 5.95 Å². The zero-order valence-corrected chi connectivity index (χ0v) is 15.8. The Kier molecular flexibility index (Phi) is 4.91. The molecule has 4 heterocycles. The minimum absolute atomic E-state index is 0.00532. The molecule has 2 bridgehead atoms. The summed E-state index contributed by atoms with van der Waals surface area (Å²) < 4.78 is 10.4. The van der Waals surface area contributed by atoms with E-state index in [0.29, 0.717) is 28.7 Å². The lowest BCUT2D eigenvalue weighted by molar-refractivity contribution is 0.0274. The van der Waals surface area contributed by atoms with Crippen LogP contribution < -0.4 is 10.1 Å². The second-order valence-corrected chi connectivity index (χ2v) is 8.01. The Morgan fingerprint density at radius 1 is 1.38 bits per heavy atom. The number of carbonyl (C=O) groups excluding carboxylic acids is 1. The first-order valence-corrected chi connectivity index (χ1v) is 9.76. The minimum Gasteiger partial charge on any atom is -0.467 e. The SMILES string of the molecule is COc1cnc(Sc2ccc(C(=O)NC3CN4CCC3CC4C)cc2)o1. The molecule has 3 aliphatic rings. The number of piperidine rings is 3. The van der Waals surface area contributed by atoms with Crippen molar-refractivity contribution < 1.29 is 13.9 Å². The van der Waals surface area contributed by atoms with Gasteiger partial charge in [-0.25, -0.2) is 4.98 Å². The number of rotatable bonds is 5.